The minimum Gasteiger partial charge on any atom is -0.345 e. The van der Waals surface area contributed by atoms with Crippen molar-refractivity contribution in [1.29, 1.82) is 0 Å². The first kappa shape index (κ1) is 14.8. The van der Waals surface area contributed by atoms with Gasteiger partial charge in [0.2, 0.25) is 0 Å². The number of nitrogens with one attached hydrogen (secondary N) is 3. The molecule has 1 heterocycles. The topological polar surface area (TPSA) is 109 Å². The van der Waals surface area contributed by atoms with Gasteiger partial charge in [-0.1, -0.05) is 0 Å². The molecule has 1 aromatic heterocycles. The molecule has 0 bridgehead atoms. The van der Waals surface area contributed by atoms with Crippen molar-refractivity contribution in [3.63, 3.8) is 0 Å². The molecule has 10 heteroatoms. The smallest absolute Gasteiger partial charge is 0.345 e. The lowest BCUT2D eigenvalue weighted by Gasteiger charge is -2.13. The predicted octanol–water partition coefficient (Wildman–Crippen LogP) is 1.04. The molecule has 0 saturated heterocycles. The zero-order valence-corrected chi connectivity index (χ0v) is 10.5. The third kappa shape index (κ3) is 3.48. The molecule has 7 nitrogen and oxygen atoms in total. The molecule has 0 saturated carbocycles. The van der Waals surface area contributed by atoms with E-state index in [9.17, 15) is 18.0 Å². The highest BCUT2D eigenvalue weighted by Crippen LogP contribution is 2.35. The van der Waals surface area contributed by atoms with Crippen molar-refractivity contribution >= 4 is 11.6 Å². The maximum atomic E-state index is 12.8. The lowest BCUT2D eigenvalue weighted by atomic mass is 10.1. The number of hydrazine groups is 1. The number of hydrogen-bond acceptors (Lipinski definition) is 5. The van der Waals surface area contributed by atoms with E-state index < -0.39 is 17.6 Å². The van der Waals surface area contributed by atoms with Crippen molar-refractivity contribution in [2.75, 3.05) is 5.43 Å². The monoisotopic (exact) mass is 300 g/mol. The lowest BCUT2D eigenvalue weighted by Crippen LogP contribution is -2.24. The summed E-state index contributed by atoms with van der Waals surface area (Å²) in [6.07, 6.45) is -3.37. The maximum absolute atomic E-state index is 12.8. The van der Waals surface area contributed by atoms with Gasteiger partial charge in [0.05, 0.1) is 17.8 Å². The Labute approximate surface area is 116 Å². The Morgan fingerprint density at radius 3 is 2.71 bits per heavy atom. The molecule has 1 amide bonds. The van der Waals surface area contributed by atoms with E-state index in [2.05, 4.69) is 20.5 Å². The summed E-state index contributed by atoms with van der Waals surface area (Å²) in [7, 11) is 0. The number of alkyl halides is 3. The maximum Gasteiger partial charge on any atom is 0.418 e. The van der Waals surface area contributed by atoms with E-state index >= 15 is 0 Å². The Bertz CT molecular complexity index is 625. The van der Waals surface area contributed by atoms with E-state index in [1.54, 1.807) is 0 Å². The third-order valence-corrected chi connectivity index (χ3v) is 2.62. The van der Waals surface area contributed by atoms with Crippen molar-refractivity contribution < 1.29 is 18.0 Å². The molecule has 112 valence electrons. The van der Waals surface area contributed by atoms with Gasteiger partial charge in [0.25, 0.3) is 5.91 Å². The normalized spacial score (nSPS) is 11.2. The molecule has 5 N–H and O–H groups in total. The number of anilines is 1. The Morgan fingerprint density at radius 2 is 2.14 bits per heavy atom. The van der Waals surface area contributed by atoms with Gasteiger partial charge in [-0.05, 0) is 18.2 Å². The number of hydrogen-bond donors (Lipinski definition) is 4. The summed E-state index contributed by atoms with van der Waals surface area (Å²) in [4.78, 5) is 15.6. The first-order valence-corrected chi connectivity index (χ1v) is 5.72. The van der Waals surface area contributed by atoms with Crippen LogP contribution in [0.25, 0.3) is 0 Å². The highest BCUT2D eigenvalue weighted by molar-refractivity contribution is 5.94. The van der Waals surface area contributed by atoms with Crippen LogP contribution in [-0.2, 0) is 12.7 Å². The third-order valence-electron chi connectivity index (χ3n) is 2.62. The van der Waals surface area contributed by atoms with Crippen molar-refractivity contribution in [1.82, 2.24) is 20.5 Å². The second kappa shape index (κ2) is 5.79. The first-order valence-electron chi connectivity index (χ1n) is 5.72. The molecule has 0 aliphatic rings. The summed E-state index contributed by atoms with van der Waals surface area (Å²) in [5.41, 5.74) is 0.482. The second-order valence-electron chi connectivity index (χ2n) is 4.02. The lowest BCUT2D eigenvalue weighted by molar-refractivity contribution is -0.137. The van der Waals surface area contributed by atoms with Gasteiger partial charge in [0.1, 0.15) is 12.2 Å². The van der Waals surface area contributed by atoms with Crippen LogP contribution >= 0.6 is 0 Å². The number of nitrogens with two attached hydrogens (primary N) is 1. The number of benzene rings is 1. The standard InChI is InChI=1S/C11H11F3N6O/c12-11(13,14)7-3-6(1-2-8(7)19-15)10(21)16-4-9-17-5-18-20-9/h1-3,5,19H,4,15H2,(H,16,21)(H,17,18,20). The van der Waals surface area contributed by atoms with Gasteiger partial charge in [-0.25, -0.2) is 4.98 Å². The summed E-state index contributed by atoms with van der Waals surface area (Å²) >= 11 is 0. The Kier molecular flexibility index (Phi) is 4.08. The molecule has 21 heavy (non-hydrogen) atoms. The van der Waals surface area contributed by atoms with Crippen LogP contribution in [0.15, 0.2) is 24.5 Å². The fraction of sp³-hybridized carbons (Fsp3) is 0.182. The minimum atomic E-state index is -4.62. The number of halogens is 3. The summed E-state index contributed by atoms with van der Waals surface area (Å²) < 4.78 is 38.5. The second-order valence-corrected chi connectivity index (χ2v) is 4.02. The highest BCUT2D eigenvalue weighted by atomic mass is 19.4. The van der Waals surface area contributed by atoms with Crippen molar-refractivity contribution in [3.8, 4) is 0 Å². The van der Waals surface area contributed by atoms with Gasteiger partial charge in [-0.15, -0.1) is 0 Å². The van der Waals surface area contributed by atoms with Crippen LogP contribution in [0.3, 0.4) is 0 Å². The molecule has 0 aliphatic carbocycles. The molecule has 0 aliphatic heterocycles. The van der Waals surface area contributed by atoms with Gasteiger partial charge in [-0.2, -0.15) is 18.3 Å². The van der Waals surface area contributed by atoms with E-state index in [1.165, 1.54) is 12.4 Å². The zero-order valence-electron chi connectivity index (χ0n) is 10.5. The molecular formula is C11H11F3N6O. The number of aromatic nitrogens is 3. The molecule has 1 aromatic carbocycles. The molecule has 0 unspecified atom stereocenters. The van der Waals surface area contributed by atoms with Crippen LogP contribution in [0.5, 0.6) is 0 Å². The minimum absolute atomic E-state index is 0.0249. The summed E-state index contributed by atoms with van der Waals surface area (Å²) in [5.74, 6) is 4.75. The van der Waals surface area contributed by atoms with E-state index in [4.69, 9.17) is 5.84 Å². The van der Waals surface area contributed by atoms with Gasteiger partial charge in [0.15, 0.2) is 0 Å². The number of nitrogens with zero attached hydrogens (tertiary/aromatic N) is 2. The number of H-pyrrole nitrogens is 1. The van der Waals surface area contributed by atoms with E-state index in [-0.39, 0.29) is 17.8 Å². The molecule has 2 aromatic rings. The Hall–Kier alpha value is -2.62. The van der Waals surface area contributed by atoms with Crippen molar-refractivity contribution in [2.45, 2.75) is 12.7 Å². The Balaban J connectivity index is 2.17. The zero-order chi connectivity index (χ0) is 15.5. The SMILES string of the molecule is NNc1ccc(C(=O)NCc2ncn[nH]2)cc1C(F)(F)F. The summed E-state index contributed by atoms with van der Waals surface area (Å²) in [5, 5.41) is 8.52. The highest BCUT2D eigenvalue weighted by Gasteiger charge is 2.34. The van der Waals surface area contributed by atoms with Crippen LogP contribution in [-0.4, -0.2) is 21.1 Å². The van der Waals surface area contributed by atoms with Crippen molar-refractivity contribution in [3.05, 3.63) is 41.5 Å². The quantitative estimate of drug-likeness (QED) is 0.498. The number of aromatic amines is 1. The van der Waals surface area contributed by atoms with Gasteiger partial charge >= 0.3 is 6.18 Å². The average molecular weight is 300 g/mol. The number of rotatable bonds is 4. The number of carbonyl (C=O) groups excluding carboxylic acids is 1. The molecule has 0 radical (unpaired) electrons. The van der Waals surface area contributed by atoms with Crippen molar-refractivity contribution in [2.24, 2.45) is 5.84 Å². The first-order chi connectivity index (χ1) is 9.91. The molecule has 0 fully saturated rings. The fourth-order valence-electron chi connectivity index (χ4n) is 1.63. The predicted molar refractivity (Wildman–Crippen MR) is 66.8 cm³/mol. The summed E-state index contributed by atoms with van der Waals surface area (Å²) in [6, 6.07) is 3.05. The Morgan fingerprint density at radius 1 is 1.38 bits per heavy atom. The van der Waals surface area contributed by atoms with Crippen LogP contribution < -0.4 is 16.6 Å². The molecule has 2 rings (SSSR count). The van der Waals surface area contributed by atoms with Gasteiger partial charge < -0.3 is 10.7 Å². The molecule has 0 atom stereocenters. The summed E-state index contributed by atoms with van der Waals surface area (Å²) in [6.45, 7) is 0.0249. The van der Waals surface area contributed by atoms with Crippen LogP contribution in [0.1, 0.15) is 21.7 Å². The van der Waals surface area contributed by atoms with E-state index in [1.807, 2.05) is 5.43 Å². The van der Waals surface area contributed by atoms with E-state index in [0.717, 1.165) is 12.1 Å². The number of carbonyl (C=O) groups is 1. The largest absolute Gasteiger partial charge is 0.418 e. The molecule has 0 spiro atoms. The van der Waals surface area contributed by atoms with Gasteiger partial charge in [-0.3, -0.25) is 15.7 Å². The van der Waals surface area contributed by atoms with Gasteiger partial charge in [0, 0.05) is 5.56 Å². The van der Waals surface area contributed by atoms with Crippen LogP contribution in [0.2, 0.25) is 0 Å². The van der Waals surface area contributed by atoms with Crippen LogP contribution in [0, 0.1) is 0 Å². The number of nitrogen functional groups attached to an aromatic ring is 1. The fourth-order valence-corrected chi connectivity index (χ4v) is 1.63. The molecular weight excluding hydrogens is 289 g/mol. The van der Waals surface area contributed by atoms with Crippen LogP contribution in [0.4, 0.5) is 18.9 Å². The average Bonchev–Trinajstić information content (AvgIpc) is 2.96. The van der Waals surface area contributed by atoms with E-state index in [0.29, 0.717) is 5.82 Å². The number of amides is 1.